The minimum absolute atomic E-state index is 0.0649. The van der Waals surface area contributed by atoms with E-state index in [-0.39, 0.29) is 10.7 Å². The monoisotopic (exact) mass is 321 g/mol. The van der Waals surface area contributed by atoms with E-state index < -0.39 is 10.9 Å². The summed E-state index contributed by atoms with van der Waals surface area (Å²) in [6.45, 7) is 0.397. The number of benzene rings is 1. The minimum atomic E-state index is -0.561. The number of rotatable bonds is 5. The fourth-order valence-corrected chi connectivity index (χ4v) is 2.38. The lowest BCUT2D eigenvalue weighted by Crippen LogP contribution is -2.13. The maximum Gasteiger partial charge on any atom is 0.330 e. The molecule has 0 radical (unpaired) electrons. The molecule has 1 aliphatic rings. The molecule has 1 aromatic rings. The van der Waals surface area contributed by atoms with Crippen molar-refractivity contribution in [1.82, 2.24) is 0 Å². The maximum atomic E-state index is 11.7. The van der Waals surface area contributed by atoms with Crippen LogP contribution >= 0.6 is 11.6 Å². The Labute approximate surface area is 133 Å². The Morgan fingerprint density at radius 3 is 2.95 bits per heavy atom. The molecule has 22 heavy (non-hydrogen) atoms. The van der Waals surface area contributed by atoms with Crippen LogP contribution in [0.2, 0.25) is 5.02 Å². The molecule has 1 unspecified atom stereocenters. The Morgan fingerprint density at radius 2 is 2.27 bits per heavy atom. The van der Waals surface area contributed by atoms with Gasteiger partial charge in [-0.2, -0.15) is 0 Å². The van der Waals surface area contributed by atoms with E-state index in [2.05, 4.69) is 12.2 Å². The summed E-state index contributed by atoms with van der Waals surface area (Å²) in [4.78, 5) is 21.9. The van der Waals surface area contributed by atoms with Crippen LogP contribution in [0.25, 0.3) is 6.08 Å². The molecule has 2 rings (SSSR count). The predicted molar refractivity (Wildman–Crippen MR) is 84.6 cm³/mol. The maximum absolute atomic E-state index is 11.7. The topological polar surface area (TPSA) is 69.4 Å². The first-order chi connectivity index (χ1) is 10.6. The van der Waals surface area contributed by atoms with Crippen molar-refractivity contribution in [2.24, 2.45) is 5.92 Å². The zero-order valence-electron chi connectivity index (χ0n) is 11.9. The fraction of sp³-hybridized carbons (Fsp3) is 0.312. The van der Waals surface area contributed by atoms with Crippen molar-refractivity contribution in [2.45, 2.75) is 19.3 Å². The van der Waals surface area contributed by atoms with Crippen LogP contribution in [0.4, 0.5) is 5.69 Å². The van der Waals surface area contributed by atoms with E-state index in [4.69, 9.17) is 16.3 Å². The van der Waals surface area contributed by atoms with Crippen LogP contribution in [0.3, 0.4) is 0 Å². The summed E-state index contributed by atoms with van der Waals surface area (Å²) in [5.41, 5.74) is 0.333. The first-order valence-corrected chi connectivity index (χ1v) is 7.38. The molecular weight excluding hydrogens is 306 g/mol. The number of carbonyl (C=O) groups excluding carboxylic acids is 1. The largest absolute Gasteiger partial charge is 0.462 e. The summed E-state index contributed by atoms with van der Waals surface area (Å²) in [6.07, 6.45) is 9.96. The first-order valence-electron chi connectivity index (χ1n) is 7.00. The summed E-state index contributed by atoms with van der Waals surface area (Å²) in [5, 5.41) is 10.9. The highest BCUT2D eigenvalue weighted by Gasteiger charge is 2.13. The molecule has 0 aliphatic heterocycles. The zero-order chi connectivity index (χ0) is 15.9. The van der Waals surface area contributed by atoms with Crippen molar-refractivity contribution in [3.8, 4) is 0 Å². The van der Waals surface area contributed by atoms with Crippen LogP contribution in [0, 0.1) is 16.0 Å². The number of nitro benzene ring substituents is 1. The Bertz CT molecular complexity index is 625. The molecule has 0 N–H and O–H groups in total. The molecule has 0 heterocycles. The van der Waals surface area contributed by atoms with Gasteiger partial charge in [0, 0.05) is 12.1 Å². The minimum Gasteiger partial charge on any atom is -0.462 e. The van der Waals surface area contributed by atoms with Crippen LogP contribution in [-0.2, 0) is 9.53 Å². The molecule has 0 bridgehead atoms. The van der Waals surface area contributed by atoms with Gasteiger partial charge in [-0.05, 0) is 42.9 Å². The van der Waals surface area contributed by atoms with Crippen molar-refractivity contribution in [3.63, 3.8) is 0 Å². The van der Waals surface area contributed by atoms with Gasteiger partial charge in [0.15, 0.2) is 0 Å². The second-order valence-electron chi connectivity index (χ2n) is 5.08. The summed E-state index contributed by atoms with van der Waals surface area (Å²) >= 11 is 5.73. The second kappa shape index (κ2) is 7.75. The second-order valence-corrected chi connectivity index (χ2v) is 5.49. The van der Waals surface area contributed by atoms with Crippen LogP contribution < -0.4 is 0 Å². The van der Waals surface area contributed by atoms with Crippen molar-refractivity contribution in [3.05, 3.63) is 57.1 Å². The quantitative estimate of drug-likeness (QED) is 0.268. The van der Waals surface area contributed by atoms with Gasteiger partial charge in [-0.25, -0.2) is 4.79 Å². The van der Waals surface area contributed by atoms with Crippen LogP contribution in [0.1, 0.15) is 24.8 Å². The molecule has 0 saturated carbocycles. The zero-order valence-corrected chi connectivity index (χ0v) is 12.7. The van der Waals surface area contributed by atoms with E-state index in [0.717, 1.165) is 19.3 Å². The third-order valence-electron chi connectivity index (χ3n) is 3.42. The molecule has 1 atom stereocenters. The van der Waals surface area contributed by atoms with E-state index in [1.54, 1.807) is 6.07 Å². The molecule has 116 valence electrons. The number of esters is 1. The summed E-state index contributed by atoms with van der Waals surface area (Å²) in [6, 6.07) is 4.35. The number of ether oxygens (including phenoxy) is 1. The van der Waals surface area contributed by atoms with Crippen LogP contribution in [0.15, 0.2) is 36.4 Å². The Morgan fingerprint density at radius 1 is 1.45 bits per heavy atom. The van der Waals surface area contributed by atoms with Gasteiger partial charge in [-0.3, -0.25) is 10.1 Å². The van der Waals surface area contributed by atoms with Gasteiger partial charge in [0.1, 0.15) is 5.02 Å². The summed E-state index contributed by atoms with van der Waals surface area (Å²) in [5.74, 6) is -0.0777. The van der Waals surface area contributed by atoms with E-state index in [1.165, 1.54) is 24.3 Å². The lowest BCUT2D eigenvalue weighted by molar-refractivity contribution is -0.384. The number of nitro groups is 1. The van der Waals surface area contributed by atoms with Crippen molar-refractivity contribution in [1.29, 1.82) is 0 Å². The Hall–Kier alpha value is -2.14. The SMILES string of the molecule is O=C(C=Cc1ccc(Cl)c([N+](=O)[O-])c1)OCC1CC=CCC1. The van der Waals surface area contributed by atoms with Crippen LogP contribution in [0.5, 0.6) is 0 Å². The van der Waals surface area contributed by atoms with Crippen LogP contribution in [-0.4, -0.2) is 17.5 Å². The number of hydrogen-bond acceptors (Lipinski definition) is 4. The third kappa shape index (κ3) is 4.70. The average Bonchev–Trinajstić information content (AvgIpc) is 2.53. The Balaban J connectivity index is 1.90. The average molecular weight is 322 g/mol. The summed E-state index contributed by atoms with van der Waals surface area (Å²) in [7, 11) is 0. The van der Waals surface area contributed by atoms with Crippen molar-refractivity contribution < 1.29 is 14.5 Å². The van der Waals surface area contributed by atoms with E-state index in [9.17, 15) is 14.9 Å². The molecule has 0 spiro atoms. The lowest BCUT2D eigenvalue weighted by atomic mass is 9.95. The molecule has 1 aromatic carbocycles. The highest BCUT2D eigenvalue weighted by Crippen LogP contribution is 2.25. The highest BCUT2D eigenvalue weighted by atomic mass is 35.5. The van der Waals surface area contributed by atoms with Gasteiger partial charge >= 0.3 is 5.97 Å². The van der Waals surface area contributed by atoms with Crippen molar-refractivity contribution >= 4 is 29.3 Å². The van der Waals surface area contributed by atoms with Gasteiger partial charge in [0.25, 0.3) is 5.69 Å². The fourth-order valence-electron chi connectivity index (χ4n) is 2.19. The normalized spacial score (nSPS) is 17.6. The molecule has 6 heteroatoms. The van der Waals surface area contributed by atoms with Gasteiger partial charge < -0.3 is 4.74 Å². The van der Waals surface area contributed by atoms with Gasteiger partial charge in [0.2, 0.25) is 0 Å². The lowest BCUT2D eigenvalue weighted by Gasteiger charge is -2.16. The smallest absolute Gasteiger partial charge is 0.330 e. The predicted octanol–water partition coefficient (Wildman–Crippen LogP) is 4.16. The number of carbonyl (C=O) groups is 1. The van der Waals surface area contributed by atoms with Gasteiger partial charge in [-0.15, -0.1) is 0 Å². The van der Waals surface area contributed by atoms with Crippen molar-refractivity contribution in [2.75, 3.05) is 6.61 Å². The first kappa shape index (κ1) is 16.2. The molecular formula is C16H16ClNO4. The standard InChI is InChI=1S/C16H16ClNO4/c17-14-8-6-12(10-15(14)18(20)21)7-9-16(19)22-11-13-4-2-1-3-5-13/h1-2,6-10,13H,3-5,11H2. The third-order valence-corrected chi connectivity index (χ3v) is 3.74. The molecule has 0 amide bonds. The van der Waals surface area contributed by atoms with Gasteiger partial charge in [-0.1, -0.05) is 29.8 Å². The number of nitrogens with zero attached hydrogens (tertiary/aromatic N) is 1. The van der Waals surface area contributed by atoms with E-state index in [1.807, 2.05) is 0 Å². The highest BCUT2D eigenvalue weighted by molar-refractivity contribution is 6.32. The van der Waals surface area contributed by atoms with Gasteiger partial charge in [0.05, 0.1) is 11.5 Å². The number of hydrogen-bond donors (Lipinski definition) is 0. The van der Waals surface area contributed by atoms with E-state index in [0.29, 0.717) is 18.1 Å². The molecule has 0 fully saturated rings. The number of allylic oxidation sites excluding steroid dienone is 2. The molecule has 0 aromatic heterocycles. The Kier molecular flexibility index (Phi) is 5.72. The molecule has 0 saturated heterocycles. The number of halogens is 1. The summed E-state index contributed by atoms with van der Waals surface area (Å²) < 4.78 is 5.19. The molecule has 1 aliphatic carbocycles. The molecule has 5 nitrogen and oxygen atoms in total. The van der Waals surface area contributed by atoms with E-state index >= 15 is 0 Å².